The number of fused-ring (bicyclic) bond motifs is 1. The molecule has 0 aliphatic carbocycles. The van der Waals surface area contributed by atoms with Crippen molar-refractivity contribution in [2.24, 2.45) is 0 Å². The maximum absolute atomic E-state index is 12.8. The molecule has 0 aliphatic rings. The molecule has 0 unspecified atom stereocenters. The number of hydrogen-bond donors (Lipinski definition) is 1. The molecule has 1 amide bonds. The highest BCUT2D eigenvalue weighted by Gasteiger charge is 2.14. The molecule has 0 saturated carbocycles. The molecule has 0 aliphatic heterocycles. The van der Waals surface area contributed by atoms with Gasteiger partial charge in [-0.3, -0.25) is 4.79 Å². The number of carbonyl (C=O) groups excluding carboxylic acids is 1. The first-order valence-corrected chi connectivity index (χ1v) is 10.4. The van der Waals surface area contributed by atoms with Crippen LogP contribution in [0.1, 0.15) is 21.8 Å². The lowest BCUT2D eigenvalue weighted by Gasteiger charge is -2.11. The van der Waals surface area contributed by atoms with Crippen LogP contribution in [0.3, 0.4) is 0 Å². The summed E-state index contributed by atoms with van der Waals surface area (Å²) in [5.74, 6) is 0.802. The van der Waals surface area contributed by atoms with Crippen molar-refractivity contribution in [3.63, 3.8) is 0 Å². The largest absolute Gasteiger partial charge is 0.339 e. The van der Waals surface area contributed by atoms with E-state index < -0.39 is 0 Å². The van der Waals surface area contributed by atoms with E-state index in [2.05, 4.69) is 25.4 Å². The van der Waals surface area contributed by atoms with E-state index in [0.717, 1.165) is 37.7 Å². The van der Waals surface area contributed by atoms with Crippen LogP contribution in [0.2, 0.25) is 0 Å². The molecule has 31 heavy (non-hydrogen) atoms. The Morgan fingerprint density at radius 2 is 1.84 bits per heavy atom. The Hall–Kier alpha value is -3.91. The van der Waals surface area contributed by atoms with Crippen molar-refractivity contribution in [3.8, 4) is 22.0 Å². The third-order valence-electron chi connectivity index (χ3n) is 4.91. The van der Waals surface area contributed by atoms with Gasteiger partial charge in [-0.15, -0.1) is 0 Å². The normalized spacial score (nSPS) is 11.0. The van der Waals surface area contributed by atoms with Crippen molar-refractivity contribution < 1.29 is 9.32 Å². The summed E-state index contributed by atoms with van der Waals surface area (Å²) in [6.07, 6.45) is 1.76. The molecule has 0 atom stereocenters. The van der Waals surface area contributed by atoms with E-state index in [1.54, 1.807) is 37.4 Å². The van der Waals surface area contributed by atoms with Crippen molar-refractivity contribution in [3.05, 3.63) is 77.8 Å². The zero-order valence-corrected chi connectivity index (χ0v) is 17.6. The van der Waals surface area contributed by atoms with Gasteiger partial charge in [0.2, 0.25) is 11.7 Å². The van der Waals surface area contributed by atoms with Crippen molar-refractivity contribution >= 4 is 33.3 Å². The van der Waals surface area contributed by atoms with Gasteiger partial charge in [0.15, 0.2) is 0 Å². The molecular weight excluding hydrogens is 410 g/mol. The van der Waals surface area contributed by atoms with Crippen LogP contribution in [0.15, 0.2) is 65.3 Å². The quantitative estimate of drug-likeness (QED) is 0.419. The lowest BCUT2D eigenvalue weighted by atomic mass is 10.1. The number of nitrogens with one attached hydrogen (secondary N) is 1. The van der Waals surface area contributed by atoms with E-state index in [1.165, 1.54) is 11.3 Å². The lowest BCUT2D eigenvalue weighted by molar-refractivity contribution is 0.102. The number of thiazole rings is 1. The highest BCUT2D eigenvalue weighted by Crippen LogP contribution is 2.33. The number of rotatable bonds is 4. The van der Waals surface area contributed by atoms with Crippen molar-refractivity contribution in [2.75, 3.05) is 5.32 Å². The second-order valence-electron chi connectivity index (χ2n) is 6.99. The van der Waals surface area contributed by atoms with Crippen LogP contribution in [0.25, 0.3) is 32.3 Å². The summed E-state index contributed by atoms with van der Waals surface area (Å²) < 4.78 is 5.01. The van der Waals surface area contributed by atoms with Crippen LogP contribution in [0.4, 0.5) is 5.69 Å². The highest BCUT2D eigenvalue weighted by molar-refractivity contribution is 7.21. The molecule has 0 fully saturated rings. The SMILES string of the molecule is Cc1nc(-c2ccc(C(=O)Nc3cccc(-c4nc5cccnc5s4)c3C)cc2)no1. The van der Waals surface area contributed by atoms with Crippen LogP contribution in [0.5, 0.6) is 0 Å². The Bertz CT molecular complexity index is 1370. The van der Waals surface area contributed by atoms with Crippen molar-refractivity contribution in [2.45, 2.75) is 13.8 Å². The number of aromatic nitrogens is 4. The number of nitrogens with zero attached hydrogens (tertiary/aromatic N) is 4. The van der Waals surface area contributed by atoms with Gasteiger partial charge in [-0.05, 0) is 42.8 Å². The van der Waals surface area contributed by atoms with Gasteiger partial charge in [-0.2, -0.15) is 4.98 Å². The fourth-order valence-corrected chi connectivity index (χ4v) is 4.26. The lowest BCUT2D eigenvalue weighted by Crippen LogP contribution is -2.12. The molecular formula is C23H17N5O2S. The van der Waals surface area contributed by atoms with Gasteiger partial charge >= 0.3 is 0 Å². The second-order valence-corrected chi connectivity index (χ2v) is 7.97. The number of carbonyl (C=O) groups is 1. The predicted octanol–water partition coefficient (Wildman–Crippen LogP) is 5.28. The first-order chi connectivity index (χ1) is 15.1. The summed E-state index contributed by atoms with van der Waals surface area (Å²) in [7, 11) is 0. The molecule has 2 aromatic carbocycles. The predicted molar refractivity (Wildman–Crippen MR) is 120 cm³/mol. The first kappa shape index (κ1) is 19.1. The van der Waals surface area contributed by atoms with Gasteiger partial charge in [0.05, 0.1) is 0 Å². The minimum atomic E-state index is -0.193. The van der Waals surface area contributed by atoms with E-state index >= 15 is 0 Å². The monoisotopic (exact) mass is 427 g/mol. The molecule has 0 radical (unpaired) electrons. The standard InChI is InChI=1S/C23H17N5O2S/c1-13-17(22-27-19-7-4-12-24-23(19)31-22)5-3-6-18(13)26-21(29)16-10-8-15(9-11-16)20-25-14(2)30-28-20/h3-12H,1-2H3,(H,26,29). The Morgan fingerprint density at radius 1 is 1.00 bits per heavy atom. The van der Waals surface area contributed by atoms with E-state index in [0.29, 0.717) is 17.3 Å². The maximum Gasteiger partial charge on any atom is 0.255 e. The zero-order valence-electron chi connectivity index (χ0n) is 16.8. The number of hydrogen-bond acceptors (Lipinski definition) is 7. The zero-order chi connectivity index (χ0) is 21.4. The fourth-order valence-electron chi connectivity index (χ4n) is 3.27. The topological polar surface area (TPSA) is 93.8 Å². The molecule has 8 heteroatoms. The third kappa shape index (κ3) is 3.69. The highest BCUT2D eigenvalue weighted by atomic mass is 32.1. The van der Waals surface area contributed by atoms with Crippen LogP contribution < -0.4 is 5.32 Å². The van der Waals surface area contributed by atoms with Gasteiger partial charge in [-0.25, -0.2) is 9.97 Å². The molecule has 0 spiro atoms. The Kier molecular flexibility index (Phi) is 4.76. The third-order valence-corrected chi connectivity index (χ3v) is 5.92. The molecule has 5 rings (SSSR count). The molecule has 0 bridgehead atoms. The molecule has 152 valence electrons. The summed E-state index contributed by atoms with van der Waals surface area (Å²) in [6, 6.07) is 16.7. The summed E-state index contributed by atoms with van der Waals surface area (Å²) in [5, 5.41) is 7.78. The summed E-state index contributed by atoms with van der Waals surface area (Å²) in [6.45, 7) is 3.71. The van der Waals surface area contributed by atoms with Crippen molar-refractivity contribution in [1.29, 1.82) is 0 Å². The van der Waals surface area contributed by atoms with Crippen molar-refractivity contribution in [1.82, 2.24) is 20.1 Å². The van der Waals surface area contributed by atoms with E-state index in [9.17, 15) is 4.79 Å². The Balaban J connectivity index is 1.39. The second kappa shape index (κ2) is 7.73. The minimum Gasteiger partial charge on any atom is -0.339 e. The van der Waals surface area contributed by atoms with Crippen LogP contribution in [-0.2, 0) is 0 Å². The van der Waals surface area contributed by atoms with E-state index in [-0.39, 0.29) is 5.91 Å². The maximum atomic E-state index is 12.8. The fraction of sp³-hybridized carbons (Fsp3) is 0.0870. The molecule has 1 N–H and O–H groups in total. The summed E-state index contributed by atoms with van der Waals surface area (Å²) >= 11 is 1.54. The van der Waals surface area contributed by atoms with Gasteiger partial charge in [0, 0.05) is 35.5 Å². The van der Waals surface area contributed by atoms with Crippen LogP contribution >= 0.6 is 11.3 Å². The average molecular weight is 427 g/mol. The number of anilines is 1. The smallest absolute Gasteiger partial charge is 0.255 e. The average Bonchev–Trinajstić information content (AvgIpc) is 3.41. The Labute approximate surface area is 181 Å². The molecule has 0 saturated heterocycles. The number of benzene rings is 2. The van der Waals surface area contributed by atoms with Crippen LogP contribution in [-0.4, -0.2) is 26.0 Å². The first-order valence-electron chi connectivity index (χ1n) is 9.62. The van der Waals surface area contributed by atoms with Gasteiger partial charge in [0.1, 0.15) is 15.4 Å². The Morgan fingerprint density at radius 3 is 2.58 bits per heavy atom. The summed E-state index contributed by atoms with van der Waals surface area (Å²) in [5.41, 5.74) is 4.87. The molecule has 3 heterocycles. The van der Waals surface area contributed by atoms with Gasteiger partial charge in [-0.1, -0.05) is 40.8 Å². The summed E-state index contributed by atoms with van der Waals surface area (Å²) in [4.78, 5) is 27.0. The molecule has 3 aromatic heterocycles. The molecule has 7 nitrogen and oxygen atoms in total. The minimum absolute atomic E-state index is 0.193. The van der Waals surface area contributed by atoms with Crippen LogP contribution in [0, 0.1) is 13.8 Å². The number of amides is 1. The van der Waals surface area contributed by atoms with E-state index in [1.807, 2.05) is 37.3 Å². The number of aryl methyl sites for hydroxylation is 1. The van der Waals surface area contributed by atoms with Gasteiger partial charge in [0.25, 0.3) is 5.91 Å². The van der Waals surface area contributed by atoms with Gasteiger partial charge < -0.3 is 9.84 Å². The number of pyridine rings is 1. The molecule has 5 aromatic rings. The van der Waals surface area contributed by atoms with E-state index in [4.69, 9.17) is 4.52 Å².